The Morgan fingerprint density at radius 1 is 0.969 bits per heavy atom. The van der Waals surface area contributed by atoms with E-state index in [-0.39, 0.29) is 53.8 Å². The minimum Gasteiger partial charge on any atom is -0.395 e. The lowest BCUT2D eigenvalue weighted by Crippen LogP contribution is -2.41. The van der Waals surface area contributed by atoms with Crippen LogP contribution in [-0.4, -0.2) is 94.5 Å². The van der Waals surface area contributed by atoms with Gasteiger partial charge in [0.15, 0.2) is 0 Å². The molecule has 0 heterocycles. The summed E-state index contributed by atoms with van der Waals surface area (Å²) in [7, 11) is 0. The average molecular weight is 790 g/mol. The van der Waals surface area contributed by atoms with E-state index in [0.29, 0.717) is 0 Å². The van der Waals surface area contributed by atoms with Gasteiger partial charge >= 0.3 is 11.8 Å². The zero-order valence-corrected chi connectivity index (χ0v) is 22.9. The normalized spacial score (nSPS) is 11.6. The maximum Gasteiger partial charge on any atom is 0.313 e. The lowest BCUT2D eigenvalue weighted by molar-refractivity contribution is -0.134. The van der Waals surface area contributed by atoms with Crippen LogP contribution in [0, 0.1) is 10.7 Å². The maximum absolute atomic E-state index is 13.3. The molecule has 1 aromatic rings. The highest BCUT2D eigenvalue weighted by Crippen LogP contribution is 2.36. The lowest BCUT2D eigenvalue weighted by atomic mass is 10.1. The number of benzene rings is 1. The molecule has 4 amide bonds. The highest BCUT2D eigenvalue weighted by molar-refractivity contribution is 14.1. The van der Waals surface area contributed by atoms with Gasteiger partial charge in [-0.1, -0.05) is 0 Å². The number of hydrogen-bond acceptors (Lipinski definition) is 8. The van der Waals surface area contributed by atoms with E-state index in [0.717, 1.165) is 4.90 Å². The van der Waals surface area contributed by atoms with E-state index in [1.165, 1.54) is 0 Å². The third-order valence-electron chi connectivity index (χ3n) is 3.92. The summed E-state index contributed by atoms with van der Waals surface area (Å²) < 4.78 is 0.619. The predicted molar refractivity (Wildman–Crippen MR) is 138 cm³/mol. The molecule has 1 rings (SSSR count). The summed E-state index contributed by atoms with van der Waals surface area (Å²) >= 11 is 5.33. The van der Waals surface area contributed by atoms with Crippen molar-refractivity contribution in [3.8, 4) is 0 Å². The second-order valence-corrected chi connectivity index (χ2v) is 9.41. The summed E-state index contributed by atoms with van der Waals surface area (Å²) in [6, 6.07) is 0. The van der Waals surface area contributed by atoms with Gasteiger partial charge in [0.05, 0.1) is 49.9 Å². The van der Waals surface area contributed by atoms with Crippen LogP contribution in [0.5, 0.6) is 0 Å². The fraction of sp³-hybridized carbons (Fsp3) is 0.412. The third kappa shape index (κ3) is 7.32. The van der Waals surface area contributed by atoms with E-state index in [2.05, 4.69) is 10.6 Å². The van der Waals surface area contributed by atoms with Crippen LogP contribution in [0.3, 0.4) is 0 Å². The number of nitrogens with zero attached hydrogens (tertiary/aromatic N) is 1. The van der Waals surface area contributed by atoms with Crippen molar-refractivity contribution in [3.63, 3.8) is 0 Å². The minimum atomic E-state index is -1.28. The maximum atomic E-state index is 13.3. The second kappa shape index (κ2) is 13.7. The van der Waals surface area contributed by atoms with Gasteiger partial charge in [0.25, 0.3) is 11.8 Å². The molecule has 8 N–H and O–H groups in total. The lowest BCUT2D eigenvalue weighted by Gasteiger charge is -2.26. The van der Waals surface area contributed by atoms with Crippen molar-refractivity contribution in [2.24, 2.45) is 5.73 Å². The van der Waals surface area contributed by atoms with Crippen LogP contribution in [0.1, 0.15) is 20.7 Å². The van der Waals surface area contributed by atoms with E-state index < -0.39 is 42.9 Å². The number of rotatable bonds is 10. The molecule has 0 bridgehead atoms. The Hall–Kier alpha value is -0.870. The Morgan fingerprint density at radius 3 is 2.06 bits per heavy atom. The number of primary amides is 1. The number of anilines is 1. The van der Waals surface area contributed by atoms with Crippen molar-refractivity contribution >= 4 is 97.1 Å². The molecule has 1 atom stereocenters. The number of nitrogens with two attached hydrogens (primary N) is 1. The zero-order valence-electron chi connectivity index (χ0n) is 16.4. The van der Waals surface area contributed by atoms with Gasteiger partial charge in [0.2, 0.25) is 0 Å². The Balaban J connectivity index is 3.73. The number of carbonyl (C=O) groups excluding carboxylic acids is 4. The van der Waals surface area contributed by atoms with Crippen LogP contribution < -0.4 is 16.4 Å². The number of amides is 4. The van der Waals surface area contributed by atoms with Crippen molar-refractivity contribution in [1.29, 1.82) is 0 Å². The second-order valence-electron chi connectivity index (χ2n) is 6.18. The van der Waals surface area contributed by atoms with Crippen LogP contribution in [0.2, 0.25) is 0 Å². The predicted octanol–water partition coefficient (Wildman–Crippen LogP) is -1.57. The number of halogens is 3. The molecule has 12 nitrogen and oxygen atoms in total. The number of hydrogen-bond donors (Lipinski definition) is 7. The highest BCUT2D eigenvalue weighted by Gasteiger charge is 2.31. The van der Waals surface area contributed by atoms with Crippen LogP contribution in [0.25, 0.3) is 0 Å². The molecule has 1 aromatic carbocycles. The van der Waals surface area contributed by atoms with E-state index in [1.807, 2.05) is 0 Å². The smallest absolute Gasteiger partial charge is 0.313 e. The fourth-order valence-electron chi connectivity index (χ4n) is 2.46. The van der Waals surface area contributed by atoms with E-state index in [9.17, 15) is 29.4 Å². The van der Waals surface area contributed by atoms with Gasteiger partial charge in [-0.3, -0.25) is 19.2 Å². The number of aliphatic hydroxyl groups is 4. The van der Waals surface area contributed by atoms with Gasteiger partial charge in [-0.25, -0.2) is 0 Å². The van der Waals surface area contributed by atoms with Gasteiger partial charge in [0, 0.05) is 23.2 Å². The van der Waals surface area contributed by atoms with Gasteiger partial charge in [-0.15, -0.1) is 0 Å². The fourth-order valence-corrected chi connectivity index (χ4v) is 6.85. The summed E-state index contributed by atoms with van der Waals surface area (Å²) in [6.45, 7) is -1.93. The molecule has 0 aliphatic rings. The number of aliphatic hydroxyl groups excluding tert-OH is 4. The van der Waals surface area contributed by atoms with E-state index >= 15 is 0 Å². The molecule has 0 radical (unpaired) electrons. The molecule has 0 aliphatic carbocycles. The van der Waals surface area contributed by atoms with Crippen LogP contribution in [0.15, 0.2) is 0 Å². The third-order valence-corrected chi connectivity index (χ3v) is 7.15. The molecular weight excluding hydrogens is 769 g/mol. The van der Waals surface area contributed by atoms with E-state index in [4.69, 9.17) is 15.9 Å². The summed E-state index contributed by atoms with van der Waals surface area (Å²) in [5.74, 6) is -3.77. The monoisotopic (exact) mass is 790 g/mol. The topological polar surface area (TPSA) is 203 Å². The Morgan fingerprint density at radius 2 is 1.56 bits per heavy atom. The first kappa shape index (κ1) is 29.2. The number of nitrogens with one attached hydrogen (secondary N) is 2. The Kier molecular flexibility index (Phi) is 12.5. The first-order valence-corrected chi connectivity index (χ1v) is 12.1. The molecule has 0 aromatic heterocycles. The molecule has 0 saturated carbocycles. The van der Waals surface area contributed by atoms with Crippen LogP contribution >= 0.6 is 67.8 Å². The summed E-state index contributed by atoms with van der Waals surface area (Å²) in [6.07, 6.45) is -1.27. The van der Waals surface area contributed by atoms with E-state index in [1.54, 1.807) is 67.8 Å². The summed E-state index contributed by atoms with van der Waals surface area (Å²) in [5.41, 5.74) is 4.99. The first-order chi connectivity index (χ1) is 15.0. The first-order valence-electron chi connectivity index (χ1n) is 8.91. The van der Waals surface area contributed by atoms with Gasteiger partial charge in [-0.05, 0) is 67.8 Å². The number of carbonyl (C=O) groups is 4. The standard InChI is InChI=1S/C17H21I3N4O8/c18-10-8(15(30)22-1-3-25)11(19)13(23-16(31)14(21)29)12(20)9(10)17(32)24(2-4-26)5-7(28)6-27/h7,25-28H,1-6H2,(H2,21,29)(H,22,30)(H,23,31). The van der Waals surface area contributed by atoms with Crippen molar-refractivity contribution in [2.45, 2.75) is 6.10 Å². The Labute approximate surface area is 223 Å². The van der Waals surface area contributed by atoms with Crippen molar-refractivity contribution in [2.75, 3.05) is 44.8 Å². The highest BCUT2D eigenvalue weighted by atomic mass is 127. The quantitative estimate of drug-likeness (QED) is 0.109. The molecule has 32 heavy (non-hydrogen) atoms. The SMILES string of the molecule is NC(=O)C(=O)Nc1c(I)c(C(=O)NCCO)c(I)c(C(=O)N(CCO)CC(O)CO)c1I. The molecule has 178 valence electrons. The average Bonchev–Trinajstić information content (AvgIpc) is 2.74. The molecule has 0 aliphatic heterocycles. The minimum absolute atomic E-state index is 0.000399. The molecule has 15 heteroatoms. The molecule has 0 saturated heterocycles. The van der Waals surface area contributed by atoms with Crippen LogP contribution in [0.4, 0.5) is 5.69 Å². The molecule has 1 unspecified atom stereocenters. The van der Waals surface area contributed by atoms with Crippen LogP contribution in [-0.2, 0) is 9.59 Å². The molecular formula is C17H21I3N4O8. The molecule has 0 spiro atoms. The largest absolute Gasteiger partial charge is 0.395 e. The van der Waals surface area contributed by atoms with Gasteiger partial charge in [-0.2, -0.15) is 0 Å². The zero-order chi connectivity index (χ0) is 24.6. The van der Waals surface area contributed by atoms with Crippen molar-refractivity contribution in [1.82, 2.24) is 10.2 Å². The van der Waals surface area contributed by atoms with Crippen molar-refractivity contribution < 1.29 is 39.6 Å². The van der Waals surface area contributed by atoms with Gasteiger partial charge in [0.1, 0.15) is 0 Å². The Bertz CT molecular complexity index is 899. The van der Waals surface area contributed by atoms with Crippen molar-refractivity contribution in [3.05, 3.63) is 21.8 Å². The van der Waals surface area contributed by atoms with Gasteiger partial charge < -0.3 is 41.7 Å². The summed E-state index contributed by atoms with van der Waals surface area (Å²) in [4.78, 5) is 50.4. The summed E-state index contributed by atoms with van der Waals surface area (Å²) in [5, 5.41) is 42.0. The molecule has 0 fully saturated rings.